The van der Waals surface area contributed by atoms with Gasteiger partial charge in [0.2, 0.25) is 0 Å². The molecule has 3 rings (SSSR count). The summed E-state index contributed by atoms with van der Waals surface area (Å²) in [4.78, 5) is 13.4. The fraction of sp³-hybridized carbons (Fsp3) is 0.619. The van der Waals surface area contributed by atoms with E-state index in [-0.39, 0.29) is 23.4 Å². The second-order valence-corrected chi connectivity index (χ2v) is 7.74. The topological polar surface area (TPSA) is 62.6 Å². The summed E-state index contributed by atoms with van der Waals surface area (Å²) in [7, 11) is 0. The number of carbonyl (C=O) groups is 1. The number of carbonyl (C=O) groups excluding carboxylic acids is 1. The molecule has 7 heteroatoms. The molecule has 0 aromatic heterocycles. The van der Waals surface area contributed by atoms with Crippen LogP contribution in [0.1, 0.15) is 51.0 Å². The van der Waals surface area contributed by atoms with Gasteiger partial charge in [0.15, 0.2) is 11.5 Å². The standard InChI is InChI=1S/C21H26F2N2O3/c1-15(26)13-25-10-8-21(14-24,9-11-25)16-6-7-18(28-20(22)23)19(12-16)27-17-4-2-3-5-17/h6-7,12,17,20H,2-5,8-11,13H2,1H3. The summed E-state index contributed by atoms with van der Waals surface area (Å²) in [6.07, 6.45) is 5.05. The number of likely N-dealkylation sites (tertiary alicyclic amines) is 1. The smallest absolute Gasteiger partial charge is 0.387 e. The van der Waals surface area contributed by atoms with Crippen molar-refractivity contribution in [3.05, 3.63) is 23.8 Å². The number of alkyl halides is 2. The van der Waals surface area contributed by atoms with E-state index in [2.05, 4.69) is 10.8 Å². The van der Waals surface area contributed by atoms with Crippen molar-refractivity contribution in [2.75, 3.05) is 19.6 Å². The van der Waals surface area contributed by atoms with Crippen molar-refractivity contribution in [2.24, 2.45) is 0 Å². The molecular weight excluding hydrogens is 366 g/mol. The monoisotopic (exact) mass is 392 g/mol. The minimum atomic E-state index is -2.93. The Kier molecular flexibility index (Phi) is 6.50. The van der Waals surface area contributed by atoms with Gasteiger partial charge in [-0.1, -0.05) is 6.07 Å². The summed E-state index contributed by atoms with van der Waals surface area (Å²) in [5.41, 5.74) is 0.0387. The van der Waals surface area contributed by atoms with Crippen LogP contribution >= 0.6 is 0 Å². The van der Waals surface area contributed by atoms with Gasteiger partial charge in [-0.15, -0.1) is 0 Å². The van der Waals surface area contributed by atoms with Gasteiger partial charge in [0.25, 0.3) is 0 Å². The van der Waals surface area contributed by atoms with Crippen molar-refractivity contribution >= 4 is 5.78 Å². The Morgan fingerprint density at radius 3 is 2.54 bits per heavy atom. The average Bonchev–Trinajstić information content (AvgIpc) is 3.16. The van der Waals surface area contributed by atoms with E-state index in [9.17, 15) is 18.8 Å². The molecule has 5 nitrogen and oxygen atoms in total. The van der Waals surface area contributed by atoms with E-state index >= 15 is 0 Å². The molecule has 2 aliphatic rings. The van der Waals surface area contributed by atoms with Gasteiger partial charge in [-0.3, -0.25) is 9.69 Å². The zero-order valence-electron chi connectivity index (χ0n) is 16.1. The second-order valence-electron chi connectivity index (χ2n) is 7.74. The Bertz CT molecular complexity index is 734. The molecule has 0 radical (unpaired) electrons. The fourth-order valence-electron chi connectivity index (χ4n) is 4.15. The van der Waals surface area contributed by atoms with Gasteiger partial charge < -0.3 is 9.47 Å². The Hall–Kier alpha value is -2.20. The van der Waals surface area contributed by atoms with E-state index in [0.717, 1.165) is 31.2 Å². The van der Waals surface area contributed by atoms with Gasteiger partial charge in [0.1, 0.15) is 5.78 Å². The van der Waals surface area contributed by atoms with Crippen molar-refractivity contribution in [1.82, 2.24) is 4.90 Å². The maximum Gasteiger partial charge on any atom is 0.387 e. The molecule has 2 fully saturated rings. The van der Waals surface area contributed by atoms with Crippen molar-refractivity contribution in [3.63, 3.8) is 0 Å². The number of benzene rings is 1. The second kappa shape index (κ2) is 8.87. The van der Waals surface area contributed by atoms with Crippen molar-refractivity contribution in [2.45, 2.75) is 63.6 Å². The van der Waals surface area contributed by atoms with Crippen LogP contribution in [-0.4, -0.2) is 43.0 Å². The first-order valence-corrected chi connectivity index (χ1v) is 9.81. The summed E-state index contributed by atoms with van der Waals surface area (Å²) < 4.78 is 36.2. The largest absolute Gasteiger partial charge is 0.487 e. The first kappa shape index (κ1) is 20.5. The fourth-order valence-corrected chi connectivity index (χ4v) is 4.15. The maximum absolute atomic E-state index is 12.8. The van der Waals surface area contributed by atoms with E-state index in [1.807, 2.05) is 4.90 Å². The predicted molar refractivity (Wildman–Crippen MR) is 99.6 cm³/mol. The molecule has 1 aliphatic carbocycles. The number of ketones is 1. The Morgan fingerprint density at radius 1 is 1.29 bits per heavy atom. The third kappa shape index (κ3) is 4.79. The molecule has 1 aromatic carbocycles. The highest BCUT2D eigenvalue weighted by Crippen LogP contribution is 2.41. The van der Waals surface area contributed by atoms with Gasteiger partial charge >= 0.3 is 6.61 Å². The number of ether oxygens (including phenoxy) is 2. The van der Waals surface area contributed by atoms with Crippen LogP contribution in [0.5, 0.6) is 11.5 Å². The lowest BCUT2D eigenvalue weighted by molar-refractivity contribution is -0.118. The first-order valence-electron chi connectivity index (χ1n) is 9.81. The molecule has 1 heterocycles. The van der Waals surface area contributed by atoms with Gasteiger partial charge in [-0.25, -0.2) is 0 Å². The van der Waals surface area contributed by atoms with Crippen LogP contribution in [-0.2, 0) is 10.2 Å². The van der Waals surface area contributed by atoms with Crippen LogP contribution in [0.25, 0.3) is 0 Å². The lowest BCUT2D eigenvalue weighted by Crippen LogP contribution is -2.43. The number of hydrogen-bond donors (Lipinski definition) is 0. The Morgan fingerprint density at radius 2 is 1.96 bits per heavy atom. The van der Waals surface area contributed by atoms with E-state index in [1.54, 1.807) is 19.1 Å². The molecule has 1 aliphatic heterocycles. The zero-order chi connectivity index (χ0) is 20.1. The van der Waals surface area contributed by atoms with Crippen LogP contribution in [0, 0.1) is 11.3 Å². The quantitative estimate of drug-likeness (QED) is 0.700. The first-order chi connectivity index (χ1) is 13.4. The molecule has 1 aromatic rings. The van der Waals surface area contributed by atoms with E-state index < -0.39 is 12.0 Å². The van der Waals surface area contributed by atoms with Gasteiger partial charge in [-0.05, 0) is 63.1 Å². The molecule has 1 saturated carbocycles. The van der Waals surface area contributed by atoms with Crippen LogP contribution in [0.15, 0.2) is 18.2 Å². The normalized spacial score (nSPS) is 20.1. The van der Waals surface area contributed by atoms with Gasteiger partial charge in [-0.2, -0.15) is 14.0 Å². The molecule has 28 heavy (non-hydrogen) atoms. The molecule has 0 bridgehead atoms. The summed E-state index contributed by atoms with van der Waals surface area (Å²) >= 11 is 0. The third-order valence-corrected chi connectivity index (χ3v) is 5.68. The van der Waals surface area contributed by atoms with E-state index in [1.165, 1.54) is 6.07 Å². The molecule has 0 spiro atoms. The lowest BCUT2D eigenvalue weighted by Gasteiger charge is -2.37. The number of piperidine rings is 1. The molecule has 152 valence electrons. The van der Waals surface area contributed by atoms with Crippen LogP contribution in [0.3, 0.4) is 0 Å². The van der Waals surface area contributed by atoms with Gasteiger partial charge in [0, 0.05) is 13.1 Å². The minimum Gasteiger partial charge on any atom is -0.487 e. The number of hydrogen-bond acceptors (Lipinski definition) is 5. The molecular formula is C21H26F2N2O3. The van der Waals surface area contributed by atoms with E-state index in [4.69, 9.17) is 4.74 Å². The highest BCUT2D eigenvalue weighted by molar-refractivity contribution is 5.77. The summed E-state index contributed by atoms with van der Waals surface area (Å²) in [6.45, 7) is 0.290. The van der Waals surface area contributed by atoms with Crippen LogP contribution in [0.2, 0.25) is 0 Å². The molecule has 1 saturated heterocycles. The molecule has 0 amide bonds. The number of nitrogens with zero attached hydrogens (tertiary/aromatic N) is 2. The molecule has 0 unspecified atom stereocenters. The van der Waals surface area contributed by atoms with Crippen molar-refractivity contribution < 1.29 is 23.0 Å². The zero-order valence-corrected chi connectivity index (χ0v) is 16.1. The van der Waals surface area contributed by atoms with E-state index in [0.29, 0.717) is 32.5 Å². The van der Waals surface area contributed by atoms with Crippen molar-refractivity contribution in [1.29, 1.82) is 5.26 Å². The number of nitriles is 1. The van der Waals surface area contributed by atoms with Gasteiger partial charge in [0.05, 0.1) is 24.1 Å². The SMILES string of the molecule is CC(=O)CN1CCC(C#N)(c2ccc(OC(F)F)c(OC3CCCC3)c2)CC1. The maximum atomic E-state index is 12.8. The lowest BCUT2D eigenvalue weighted by atomic mass is 9.74. The predicted octanol–water partition coefficient (Wildman–Crippen LogP) is 4.06. The van der Waals surface area contributed by atoms with Crippen LogP contribution < -0.4 is 9.47 Å². The summed E-state index contributed by atoms with van der Waals surface area (Å²) in [5.74, 6) is 0.392. The number of halogens is 2. The Labute approximate surface area is 164 Å². The number of rotatable bonds is 7. The summed E-state index contributed by atoms with van der Waals surface area (Å²) in [5, 5.41) is 9.93. The van der Waals surface area contributed by atoms with Crippen molar-refractivity contribution in [3.8, 4) is 17.6 Å². The Balaban J connectivity index is 1.83. The molecule has 0 N–H and O–H groups in total. The number of Topliss-reactive ketones (excluding diaryl/α,β-unsaturated/α-hetero) is 1. The average molecular weight is 392 g/mol. The highest BCUT2D eigenvalue weighted by Gasteiger charge is 2.37. The highest BCUT2D eigenvalue weighted by atomic mass is 19.3. The molecule has 0 atom stereocenters. The summed E-state index contributed by atoms with van der Waals surface area (Å²) in [6, 6.07) is 7.29. The minimum absolute atomic E-state index is 0.00718. The van der Waals surface area contributed by atoms with Crippen LogP contribution in [0.4, 0.5) is 8.78 Å². The third-order valence-electron chi connectivity index (χ3n) is 5.68.